The molecule has 0 spiro atoms. The lowest BCUT2D eigenvalue weighted by Gasteiger charge is -2.31. The Bertz CT molecular complexity index is 361. The molecule has 4 heteroatoms. The first-order valence-corrected chi connectivity index (χ1v) is 7.21. The van der Waals surface area contributed by atoms with Crippen LogP contribution >= 0.6 is 24.0 Å². The molecular formula is C15H24Cl2N2. The van der Waals surface area contributed by atoms with Gasteiger partial charge in [0.1, 0.15) is 0 Å². The number of hydrogen-bond donors (Lipinski definition) is 1. The number of hydrogen-bond acceptors (Lipinski definition) is 2. The molecule has 1 N–H and O–H groups in total. The van der Waals surface area contributed by atoms with Crippen LogP contribution in [0.1, 0.15) is 31.4 Å². The summed E-state index contributed by atoms with van der Waals surface area (Å²) in [6, 6.07) is 8.67. The van der Waals surface area contributed by atoms with Crippen LogP contribution in [-0.2, 0) is 0 Å². The van der Waals surface area contributed by atoms with E-state index in [1.807, 2.05) is 12.1 Å². The summed E-state index contributed by atoms with van der Waals surface area (Å²) in [5.41, 5.74) is 1.34. The molecule has 2 nitrogen and oxygen atoms in total. The SMILES string of the molecule is CC(c1ccc(Cl)cc1)N(C)CC1CCNCC1.Cl. The minimum absolute atomic E-state index is 0. The summed E-state index contributed by atoms with van der Waals surface area (Å²) in [7, 11) is 2.22. The molecule has 0 saturated carbocycles. The van der Waals surface area contributed by atoms with Crippen LogP contribution in [0, 0.1) is 5.92 Å². The quantitative estimate of drug-likeness (QED) is 0.911. The van der Waals surface area contributed by atoms with E-state index < -0.39 is 0 Å². The zero-order valence-corrected chi connectivity index (χ0v) is 13.3. The van der Waals surface area contributed by atoms with E-state index in [0.717, 1.165) is 10.9 Å². The Morgan fingerprint density at radius 2 is 1.84 bits per heavy atom. The molecule has 1 aliphatic heterocycles. The molecule has 1 saturated heterocycles. The lowest BCUT2D eigenvalue weighted by atomic mass is 9.96. The molecule has 19 heavy (non-hydrogen) atoms. The third-order valence-electron chi connectivity index (χ3n) is 4.02. The van der Waals surface area contributed by atoms with Crippen LogP contribution in [0.4, 0.5) is 0 Å². The predicted molar refractivity (Wildman–Crippen MR) is 85.3 cm³/mol. The maximum absolute atomic E-state index is 5.93. The molecule has 1 aromatic carbocycles. The van der Waals surface area contributed by atoms with Crippen LogP contribution in [-0.4, -0.2) is 31.6 Å². The van der Waals surface area contributed by atoms with Crippen molar-refractivity contribution >= 4 is 24.0 Å². The van der Waals surface area contributed by atoms with Crippen molar-refractivity contribution in [1.29, 1.82) is 0 Å². The van der Waals surface area contributed by atoms with Crippen molar-refractivity contribution in [3.05, 3.63) is 34.9 Å². The molecule has 0 bridgehead atoms. The molecule has 0 aliphatic carbocycles. The summed E-state index contributed by atoms with van der Waals surface area (Å²) in [4.78, 5) is 2.46. The largest absolute Gasteiger partial charge is 0.317 e. The lowest BCUT2D eigenvalue weighted by Crippen LogP contribution is -2.35. The molecule has 1 aliphatic rings. The molecule has 2 rings (SSSR count). The highest BCUT2D eigenvalue weighted by Crippen LogP contribution is 2.23. The van der Waals surface area contributed by atoms with Crippen molar-refractivity contribution in [2.75, 3.05) is 26.7 Å². The van der Waals surface area contributed by atoms with Gasteiger partial charge in [-0.3, -0.25) is 4.90 Å². The van der Waals surface area contributed by atoms with Gasteiger partial charge in [-0.05, 0) is 63.5 Å². The minimum atomic E-state index is 0. The average molecular weight is 303 g/mol. The van der Waals surface area contributed by atoms with Crippen molar-refractivity contribution in [1.82, 2.24) is 10.2 Å². The first-order valence-electron chi connectivity index (χ1n) is 6.83. The van der Waals surface area contributed by atoms with E-state index in [1.54, 1.807) is 0 Å². The van der Waals surface area contributed by atoms with Gasteiger partial charge in [-0.15, -0.1) is 12.4 Å². The van der Waals surface area contributed by atoms with Gasteiger partial charge in [-0.25, -0.2) is 0 Å². The van der Waals surface area contributed by atoms with Gasteiger partial charge in [-0.1, -0.05) is 23.7 Å². The summed E-state index contributed by atoms with van der Waals surface area (Å²) >= 11 is 5.93. The molecule has 0 amide bonds. The number of benzene rings is 1. The van der Waals surface area contributed by atoms with Gasteiger partial charge in [-0.2, -0.15) is 0 Å². The number of nitrogens with zero attached hydrogens (tertiary/aromatic N) is 1. The highest BCUT2D eigenvalue weighted by molar-refractivity contribution is 6.30. The Morgan fingerprint density at radius 3 is 2.42 bits per heavy atom. The molecule has 0 radical (unpaired) electrons. The van der Waals surface area contributed by atoms with E-state index in [4.69, 9.17) is 11.6 Å². The zero-order valence-electron chi connectivity index (χ0n) is 11.7. The highest BCUT2D eigenvalue weighted by Gasteiger charge is 2.18. The fourth-order valence-corrected chi connectivity index (χ4v) is 2.75. The molecule has 1 aromatic rings. The Balaban J connectivity index is 0.00000180. The van der Waals surface area contributed by atoms with E-state index in [0.29, 0.717) is 6.04 Å². The molecule has 108 valence electrons. The smallest absolute Gasteiger partial charge is 0.0406 e. The van der Waals surface area contributed by atoms with Crippen molar-refractivity contribution in [3.63, 3.8) is 0 Å². The fraction of sp³-hybridized carbons (Fsp3) is 0.600. The van der Waals surface area contributed by atoms with Crippen LogP contribution < -0.4 is 5.32 Å². The third-order valence-corrected chi connectivity index (χ3v) is 4.27. The van der Waals surface area contributed by atoms with Gasteiger partial charge in [0.05, 0.1) is 0 Å². The number of halogens is 2. The van der Waals surface area contributed by atoms with Crippen LogP contribution in [0.25, 0.3) is 0 Å². The summed E-state index contributed by atoms with van der Waals surface area (Å²) in [5.74, 6) is 0.839. The molecule has 0 aromatic heterocycles. The van der Waals surface area contributed by atoms with Crippen LogP contribution in [0.3, 0.4) is 0 Å². The standard InChI is InChI=1S/C15H23ClN2.ClH/c1-12(14-3-5-15(16)6-4-14)18(2)11-13-7-9-17-10-8-13;/h3-6,12-13,17H,7-11H2,1-2H3;1H. The van der Waals surface area contributed by atoms with Crippen LogP contribution in [0.2, 0.25) is 5.02 Å². The van der Waals surface area contributed by atoms with Gasteiger partial charge in [0.25, 0.3) is 0 Å². The van der Waals surface area contributed by atoms with Crippen molar-refractivity contribution in [2.24, 2.45) is 5.92 Å². The first kappa shape index (κ1) is 16.8. The zero-order chi connectivity index (χ0) is 13.0. The van der Waals surface area contributed by atoms with E-state index in [9.17, 15) is 0 Å². The molecule has 1 fully saturated rings. The monoisotopic (exact) mass is 302 g/mol. The Labute approximate surface area is 127 Å². The summed E-state index contributed by atoms with van der Waals surface area (Å²) < 4.78 is 0. The van der Waals surface area contributed by atoms with Gasteiger partial charge < -0.3 is 5.32 Å². The van der Waals surface area contributed by atoms with Crippen molar-refractivity contribution in [3.8, 4) is 0 Å². The minimum Gasteiger partial charge on any atom is -0.317 e. The highest BCUT2D eigenvalue weighted by atomic mass is 35.5. The molecular weight excluding hydrogens is 279 g/mol. The normalized spacial score (nSPS) is 18.1. The number of piperidine rings is 1. The second kappa shape index (κ2) is 8.11. The Hall–Kier alpha value is -0.280. The fourth-order valence-electron chi connectivity index (χ4n) is 2.63. The van der Waals surface area contributed by atoms with Gasteiger partial charge >= 0.3 is 0 Å². The van der Waals surface area contributed by atoms with E-state index >= 15 is 0 Å². The van der Waals surface area contributed by atoms with Crippen molar-refractivity contribution in [2.45, 2.75) is 25.8 Å². The maximum Gasteiger partial charge on any atom is 0.0406 e. The molecule has 1 heterocycles. The number of nitrogens with one attached hydrogen (secondary N) is 1. The number of rotatable bonds is 4. The summed E-state index contributed by atoms with van der Waals surface area (Å²) in [6.07, 6.45) is 2.61. The van der Waals surface area contributed by atoms with E-state index in [2.05, 4.69) is 36.3 Å². The van der Waals surface area contributed by atoms with Crippen molar-refractivity contribution < 1.29 is 0 Å². The topological polar surface area (TPSA) is 15.3 Å². The predicted octanol–water partition coefficient (Wildman–Crippen LogP) is 3.75. The van der Waals surface area contributed by atoms with Crippen LogP contribution in [0.5, 0.6) is 0 Å². The summed E-state index contributed by atoms with van der Waals surface area (Å²) in [6.45, 7) is 5.80. The first-order chi connectivity index (χ1) is 8.66. The van der Waals surface area contributed by atoms with Crippen LogP contribution in [0.15, 0.2) is 24.3 Å². The van der Waals surface area contributed by atoms with E-state index in [1.165, 1.54) is 38.0 Å². The third kappa shape index (κ3) is 4.96. The second-order valence-corrected chi connectivity index (χ2v) is 5.80. The lowest BCUT2D eigenvalue weighted by molar-refractivity contribution is 0.197. The van der Waals surface area contributed by atoms with Gasteiger partial charge in [0.2, 0.25) is 0 Å². The maximum atomic E-state index is 5.93. The van der Waals surface area contributed by atoms with Gasteiger partial charge in [0.15, 0.2) is 0 Å². The Kier molecular flexibility index (Phi) is 7.16. The van der Waals surface area contributed by atoms with Gasteiger partial charge in [0, 0.05) is 17.6 Å². The van der Waals surface area contributed by atoms with E-state index in [-0.39, 0.29) is 12.4 Å². The molecule has 1 atom stereocenters. The molecule has 1 unspecified atom stereocenters. The second-order valence-electron chi connectivity index (χ2n) is 5.36. The summed E-state index contributed by atoms with van der Waals surface area (Å²) in [5, 5.41) is 4.23. The Morgan fingerprint density at radius 1 is 1.26 bits per heavy atom. The average Bonchev–Trinajstić information content (AvgIpc) is 2.40.